The fraction of sp³-hybridized carbons (Fsp3) is 0.364. The van der Waals surface area contributed by atoms with Crippen LogP contribution < -0.4 is 0 Å². The average Bonchev–Trinajstić information content (AvgIpc) is 3.28. The summed E-state index contributed by atoms with van der Waals surface area (Å²) in [6.07, 6.45) is 3.54. The summed E-state index contributed by atoms with van der Waals surface area (Å²) in [5.41, 5.74) is 8.43. The molecule has 0 amide bonds. The molecule has 30 heavy (non-hydrogen) atoms. The highest BCUT2D eigenvalue weighted by Gasteiger charge is 2.26. The van der Waals surface area contributed by atoms with E-state index >= 15 is 0 Å². The Morgan fingerprint density at radius 3 is 2.30 bits per heavy atom. The van der Waals surface area contributed by atoms with Crippen molar-refractivity contribution in [1.29, 1.82) is 0 Å². The standard InChI is InChI=1S/C22H26N4O2S2/c1-8-30(28)22-20(24-26-15(5)13(3)12(2)14(4)21(22)26)19-16(6)25-10-9-17(29(7)27)11-18(25)23-19/h9-11H,8H2,1-7H3. The summed E-state index contributed by atoms with van der Waals surface area (Å²) in [6.45, 7) is 12.2. The van der Waals surface area contributed by atoms with Gasteiger partial charge >= 0.3 is 0 Å². The summed E-state index contributed by atoms with van der Waals surface area (Å²) in [6, 6.07) is 3.68. The predicted octanol–water partition coefficient (Wildman–Crippen LogP) is 4.06. The molecule has 0 aliphatic rings. The van der Waals surface area contributed by atoms with Crippen molar-refractivity contribution in [2.24, 2.45) is 0 Å². The zero-order valence-electron chi connectivity index (χ0n) is 18.4. The Balaban J connectivity index is 2.12. The molecule has 4 heterocycles. The normalized spacial score (nSPS) is 14.0. The second kappa shape index (κ2) is 7.42. The van der Waals surface area contributed by atoms with Crippen molar-refractivity contribution in [1.82, 2.24) is 19.0 Å². The first-order chi connectivity index (χ1) is 14.2. The van der Waals surface area contributed by atoms with Gasteiger partial charge in [-0.2, -0.15) is 5.10 Å². The number of imidazole rings is 1. The number of pyridine rings is 2. The van der Waals surface area contributed by atoms with Crippen LogP contribution in [-0.2, 0) is 21.6 Å². The van der Waals surface area contributed by atoms with Gasteiger partial charge in [0.25, 0.3) is 0 Å². The van der Waals surface area contributed by atoms with Gasteiger partial charge < -0.3 is 4.40 Å². The van der Waals surface area contributed by atoms with Crippen LogP contribution in [0.15, 0.2) is 28.1 Å². The van der Waals surface area contributed by atoms with Gasteiger partial charge in [0, 0.05) is 45.3 Å². The topological polar surface area (TPSA) is 68.7 Å². The van der Waals surface area contributed by atoms with E-state index in [4.69, 9.17) is 10.1 Å². The van der Waals surface area contributed by atoms with Crippen molar-refractivity contribution < 1.29 is 8.42 Å². The van der Waals surface area contributed by atoms with Gasteiger partial charge in [-0.25, -0.2) is 9.50 Å². The molecule has 2 unspecified atom stereocenters. The molecule has 0 aliphatic carbocycles. The summed E-state index contributed by atoms with van der Waals surface area (Å²) in [5, 5.41) is 4.92. The van der Waals surface area contributed by atoms with Crippen LogP contribution in [0.1, 0.15) is 35.0 Å². The zero-order valence-corrected chi connectivity index (χ0v) is 20.0. The minimum atomic E-state index is -1.20. The Bertz CT molecular complexity index is 1380. The summed E-state index contributed by atoms with van der Waals surface area (Å²) in [7, 11) is -2.29. The molecule has 0 aliphatic heterocycles. The lowest BCUT2D eigenvalue weighted by Gasteiger charge is -2.12. The van der Waals surface area contributed by atoms with Crippen LogP contribution in [0.4, 0.5) is 0 Å². The van der Waals surface area contributed by atoms with E-state index in [9.17, 15) is 8.42 Å². The van der Waals surface area contributed by atoms with Gasteiger partial charge in [-0.3, -0.25) is 8.42 Å². The van der Waals surface area contributed by atoms with Crippen LogP contribution in [-0.4, -0.2) is 39.4 Å². The number of aryl methyl sites for hydroxylation is 3. The highest BCUT2D eigenvalue weighted by Crippen LogP contribution is 2.35. The number of fused-ring (bicyclic) bond motifs is 2. The van der Waals surface area contributed by atoms with E-state index in [0.29, 0.717) is 22.8 Å². The lowest BCUT2D eigenvalue weighted by Crippen LogP contribution is -2.03. The van der Waals surface area contributed by atoms with Gasteiger partial charge in [0.2, 0.25) is 0 Å². The summed E-state index contributed by atoms with van der Waals surface area (Å²) in [5.74, 6) is 0.505. The smallest absolute Gasteiger partial charge is 0.138 e. The summed E-state index contributed by atoms with van der Waals surface area (Å²) >= 11 is 0. The van der Waals surface area contributed by atoms with Crippen LogP contribution in [0.3, 0.4) is 0 Å². The molecule has 2 atom stereocenters. The highest BCUT2D eigenvalue weighted by molar-refractivity contribution is 7.85. The zero-order chi connectivity index (χ0) is 21.9. The van der Waals surface area contributed by atoms with Gasteiger partial charge in [0.1, 0.15) is 17.0 Å². The fourth-order valence-corrected chi connectivity index (χ4v) is 5.55. The number of rotatable bonds is 4. The lowest BCUT2D eigenvalue weighted by atomic mass is 10.0. The molecule has 0 bridgehead atoms. The molecule has 0 aromatic carbocycles. The Labute approximate surface area is 181 Å². The predicted molar refractivity (Wildman–Crippen MR) is 122 cm³/mol. The Morgan fingerprint density at radius 2 is 1.67 bits per heavy atom. The first-order valence-corrected chi connectivity index (χ1v) is 12.7. The SMILES string of the molecule is CCS(=O)c1c(-c2nc3cc(S(C)=O)ccn3c2C)nn2c(C)c(C)c(C)c(C)c12. The number of hydrogen-bond donors (Lipinski definition) is 0. The fourth-order valence-electron chi connectivity index (χ4n) is 3.93. The van der Waals surface area contributed by atoms with Crippen molar-refractivity contribution in [3.8, 4) is 11.4 Å². The molecule has 0 saturated carbocycles. The van der Waals surface area contributed by atoms with Crippen molar-refractivity contribution >= 4 is 32.8 Å². The maximum atomic E-state index is 13.2. The van der Waals surface area contributed by atoms with Crippen LogP contribution >= 0.6 is 0 Å². The number of aromatic nitrogens is 4. The maximum Gasteiger partial charge on any atom is 0.138 e. The second-order valence-electron chi connectivity index (χ2n) is 7.62. The quantitative estimate of drug-likeness (QED) is 0.478. The van der Waals surface area contributed by atoms with E-state index < -0.39 is 21.6 Å². The third-order valence-electron chi connectivity index (χ3n) is 6.07. The molecule has 0 fully saturated rings. The molecule has 158 valence electrons. The van der Waals surface area contributed by atoms with Gasteiger partial charge in [0.15, 0.2) is 0 Å². The van der Waals surface area contributed by atoms with Crippen molar-refractivity contribution in [2.45, 2.75) is 51.3 Å². The minimum absolute atomic E-state index is 0.505. The number of hydrogen-bond acceptors (Lipinski definition) is 4. The first kappa shape index (κ1) is 20.9. The molecule has 0 saturated heterocycles. The largest absolute Gasteiger partial charge is 0.304 e. The minimum Gasteiger partial charge on any atom is -0.304 e. The van der Waals surface area contributed by atoms with Crippen LogP contribution in [0.25, 0.3) is 22.6 Å². The maximum absolute atomic E-state index is 13.2. The van der Waals surface area contributed by atoms with Gasteiger partial charge in [-0.1, -0.05) is 6.92 Å². The molecule has 4 rings (SSSR count). The average molecular weight is 443 g/mol. The van der Waals surface area contributed by atoms with Crippen molar-refractivity contribution in [3.05, 3.63) is 46.4 Å². The van der Waals surface area contributed by atoms with E-state index in [1.807, 2.05) is 48.0 Å². The number of nitrogens with zero attached hydrogens (tertiary/aromatic N) is 4. The lowest BCUT2D eigenvalue weighted by molar-refractivity contribution is 0.684. The van der Waals surface area contributed by atoms with Gasteiger partial charge in [-0.05, 0) is 63.4 Å². The Morgan fingerprint density at radius 1 is 0.967 bits per heavy atom. The van der Waals surface area contributed by atoms with E-state index in [2.05, 4.69) is 20.8 Å². The highest BCUT2D eigenvalue weighted by atomic mass is 32.2. The molecule has 0 spiro atoms. The van der Waals surface area contributed by atoms with Gasteiger partial charge in [-0.15, -0.1) is 0 Å². The van der Waals surface area contributed by atoms with E-state index in [1.165, 1.54) is 11.1 Å². The molecular weight excluding hydrogens is 416 g/mol. The third-order valence-corrected chi connectivity index (χ3v) is 8.35. The van der Waals surface area contributed by atoms with Crippen molar-refractivity contribution in [2.75, 3.05) is 12.0 Å². The second-order valence-corrected chi connectivity index (χ2v) is 10.7. The summed E-state index contributed by atoms with van der Waals surface area (Å²) in [4.78, 5) is 6.29. The molecule has 4 aromatic heterocycles. The van der Waals surface area contributed by atoms with Crippen LogP contribution in [0.2, 0.25) is 0 Å². The molecule has 8 heteroatoms. The van der Waals surface area contributed by atoms with Crippen LogP contribution in [0.5, 0.6) is 0 Å². The third kappa shape index (κ3) is 2.96. The van der Waals surface area contributed by atoms with E-state index in [0.717, 1.165) is 32.3 Å². The van der Waals surface area contributed by atoms with E-state index in [-0.39, 0.29) is 0 Å². The molecular formula is C22H26N4O2S2. The van der Waals surface area contributed by atoms with Crippen molar-refractivity contribution in [3.63, 3.8) is 0 Å². The van der Waals surface area contributed by atoms with E-state index in [1.54, 1.807) is 6.26 Å². The van der Waals surface area contributed by atoms with Gasteiger partial charge in [0.05, 0.1) is 21.2 Å². The molecule has 0 N–H and O–H groups in total. The summed E-state index contributed by atoms with van der Waals surface area (Å²) < 4.78 is 29.0. The Kier molecular flexibility index (Phi) is 5.18. The molecule has 6 nitrogen and oxygen atoms in total. The van der Waals surface area contributed by atoms with Crippen LogP contribution in [0, 0.1) is 34.6 Å². The monoisotopic (exact) mass is 442 g/mol. The Hall–Kier alpha value is -2.32. The molecule has 0 radical (unpaired) electrons. The molecule has 4 aromatic rings. The first-order valence-electron chi connectivity index (χ1n) is 9.87.